The molecule has 9 heteroatoms. The molecular formula is C23H26N4O4S. The third kappa shape index (κ3) is 4.05. The Morgan fingerprint density at radius 1 is 1.19 bits per heavy atom. The van der Waals surface area contributed by atoms with Crippen LogP contribution in [0, 0.1) is 6.92 Å². The van der Waals surface area contributed by atoms with Gasteiger partial charge < -0.3 is 14.4 Å². The van der Waals surface area contributed by atoms with Crippen LogP contribution in [-0.4, -0.2) is 57.5 Å². The van der Waals surface area contributed by atoms with Gasteiger partial charge in [0.2, 0.25) is 5.95 Å². The maximum atomic E-state index is 13.6. The minimum Gasteiger partial charge on any atom is -0.378 e. The molecule has 0 amide bonds. The average molecular weight is 455 g/mol. The summed E-state index contributed by atoms with van der Waals surface area (Å²) in [7, 11) is -3.81. The third-order valence-electron chi connectivity index (χ3n) is 5.66. The summed E-state index contributed by atoms with van der Waals surface area (Å²) in [5.41, 5.74) is 2.70. The van der Waals surface area contributed by atoms with Crippen molar-refractivity contribution in [3.8, 4) is 0 Å². The van der Waals surface area contributed by atoms with Gasteiger partial charge in [0, 0.05) is 31.6 Å². The van der Waals surface area contributed by atoms with Crippen LogP contribution in [0.5, 0.6) is 0 Å². The van der Waals surface area contributed by atoms with Crippen LogP contribution in [0.4, 0.5) is 11.8 Å². The number of nitrogens with zero attached hydrogens (tertiary/aromatic N) is 4. The molecular weight excluding hydrogens is 428 g/mol. The summed E-state index contributed by atoms with van der Waals surface area (Å²) in [4.78, 5) is 23.1. The van der Waals surface area contributed by atoms with Gasteiger partial charge in [0.05, 0.1) is 23.8 Å². The van der Waals surface area contributed by atoms with Gasteiger partial charge in [0.1, 0.15) is 6.29 Å². The quantitative estimate of drug-likeness (QED) is 0.469. The topological polar surface area (TPSA) is 92.7 Å². The summed E-state index contributed by atoms with van der Waals surface area (Å²) in [6.45, 7) is 8.11. The number of carbonyl (C=O) groups is 1. The largest absolute Gasteiger partial charge is 0.378 e. The molecule has 1 fully saturated rings. The zero-order chi connectivity index (χ0) is 22.7. The van der Waals surface area contributed by atoms with Crippen LogP contribution >= 0.6 is 0 Å². The zero-order valence-electron chi connectivity index (χ0n) is 18.0. The predicted molar refractivity (Wildman–Crippen MR) is 123 cm³/mol. The smallest absolute Gasteiger partial charge is 0.265 e. The van der Waals surface area contributed by atoms with E-state index in [-0.39, 0.29) is 17.9 Å². The number of aryl methyl sites for hydroxylation is 1. The van der Waals surface area contributed by atoms with E-state index in [9.17, 15) is 13.2 Å². The highest BCUT2D eigenvalue weighted by Crippen LogP contribution is 2.37. The normalized spacial score (nSPS) is 16.7. The van der Waals surface area contributed by atoms with Crippen LogP contribution in [0.15, 0.2) is 47.9 Å². The molecule has 2 aromatic rings. The maximum absolute atomic E-state index is 13.6. The van der Waals surface area contributed by atoms with Crippen LogP contribution < -0.4 is 9.21 Å². The van der Waals surface area contributed by atoms with Crippen molar-refractivity contribution >= 4 is 33.6 Å². The number of carbonyl (C=O) groups excluding carboxylic acids is 1. The van der Waals surface area contributed by atoms with Crippen molar-refractivity contribution in [1.29, 1.82) is 0 Å². The highest BCUT2D eigenvalue weighted by molar-refractivity contribution is 7.92. The lowest BCUT2D eigenvalue weighted by Gasteiger charge is -2.28. The summed E-state index contributed by atoms with van der Waals surface area (Å²) in [6, 6.07) is 6.93. The van der Waals surface area contributed by atoms with E-state index in [1.807, 2.05) is 11.0 Å². The van der Waals surface area contributed by atoms with E-state index in [4.69, 9.17) is 14.7 Å². The molecule has 1 aromatic carbocycles. The summed E-state index contributed by atoms with van der Waals surface area (Å²) >= 11 is 0. The minimum atomic E-state index is -3.81. The number of hydrogen-bond acceptors (Lipinski definition) is 7. The first kappa shape index (κ1) is 22.2. The Morgan fingerprint density at radius 3 is 2.62 bits per heavy atom. The van der Waals surface area contributed by atoms with E-state index in [1.54, 1.807) is 37.3 Å². The molecule has 1 saturated heterocycles. The zero-order valence-corrected chi connectivity index (χ0v) is 18.8. The predicted octanol–water partition coefficient (Wildman–Crippen LogP) is 2.53. The molecule has 32 heavy (non-hydrogen) atoms. The van der Waals surface area contributed by atoms with E-state index in [0.29, 0.717) is 61.3 Å². The second-order valence-corrected chi connectivity index (χ2v) is 9.50. The number of morpholine rings is 1. The lowest BCUT2D eigenvalue weighted by atomic mass is 10.0. The summed E-state index contributed by atoms with van der Waals surface area (Å²) < 4.78 is 34.0. The summed E-state index contributed by atoms with van der Waals surface area (Å²) in [6.07, 6.45) is 4.79. The number of ether oxygens (including phenoxy) is 1. The van der Waals surface area contributed by atoms with Crippen molar-refractivity contribution in [2.24, 2.45) is 0 Å². The van der Waals surface area contributed by atoms with Crippen molar-refractivity contribution in [3.63, 3.8) is 0 Å². The number of aldehydes is 1. The minimum absolute atomic E-state index is 0.155. The fourth-order valence-corrected chi connectivity index (χ4v) is 5.73. The van der Waals surface area contributed by atoms with Gasteiger partial charge in [-0.1, -0.05) is 36.9 Å². The Bertz CT molecular complexity index is 1170. The van der Waals surface area contributed by atoms with Gasteiger partial charge >= 0.3 is 0 Å². The second-order valence-electron chi connectivity index (χ2n) is 7.66. The van der Waals surface area contributed by atoms with Crippen molar-refractivity contribution < 1.29 is 17.9 Å². The van der Waals surface area contributed by atoms with Crippen LogP contribution in [0.25, 0.3) is 5.57 Å². The lowest BCUT2D eigenvalue weighted by Crippen LogP contribution is -2.38. The molecule has 4 rings (SSSR count). The van der Waals surface area contributed by atoms with E-state index in [1.165, 1.54) is 4.31 Å². The van der Waals surface area contributed by atoms with Gasteiger partial charge in [-0.05, 0) is 30.5 Å². The Kier molecular flexibility index (Phi) is 6.38. The first-order valence-electron chi connectivity index (χ1n) is 10.5. The Labute approximate surface area is 188 Å². The molecule has 0 radical (unpaired) electrons. The van der Waals surface area contributed by atoms with Crippen molar-refractivity contribution in [2.45, 2.75) is 24.7 Å². The number of rotatable bonds is 7. The number of hydrogen-bond donors (Lipinski definition) is 0. The molecule has 3 heterocycles. The highest BCUT2D eigenvalue weighted by Gasteiger charge is 2.36. The van der Waals surface area contributed by atoms with Gasteiger partial charge in [-0.25, -0.2) is 17.7 Å². The number of aromatic nitrogens is 2. The number of anilines is 2. The van der Waals surface area contributed by atoms with Gasteiger partial charge in [-0.3, -0.25) is 0 Å². The molecule has 8 nitrogen and oxygen atoms in total. The molecule has 2 aliphatic heterocycles. The standard InChI is InChI=1S/C23H26N4O4S/c1-3-6-18(10-14-28)21-19-9-11-27(32(29,30)20-8-5-4-7-17(20)2)22(19)25-23(24-21)26-12-15-31-16-13-26/h3-8,14H,1,9-13,15-16H2,2H3. The van der Waals surface area contributed by atoms with Crippen molar-refractivity contribution in [2.75, 3.05) is 42.1 Å². The maximum Gasteiger partial charge on any atom is 0.265 e. The van der Waals surface area contributed by atoms with Crippen LogP contribution in [0.3, 0.4) is 0 Å². The fraction of sp³-hybridized carbons (Fsp3) is 0.348. The van der Waals surface area contributed by atoms with Gasteiger partial charge in [0.15, 0.2) is 5.82 Å². The van der Waals surface area contributed by atoms with Gasteiger partial charge in [0.25, 0.3) is 10.0 Å². The summed E-state index contributed by atoms with van der Waals surface area (Å²) in [5.74, 6) is 0.815. The van der Waals surface area contributed by atoms with E-state index in [2.05, 4.69) is 6.58 Å². The number of sulfonamides is 1. The first-order chi connectivity index (χ1) is 15.5. The monoisotopic (exact) mass is 454 g/mol. The Balaban J connectivity index is 1.88. The number of allylic oxidation sites excluding steroid dienone is 3. The Morgan fingerprint density at radius 2 is 1.94 bits per heavy atom. The van der Waals surface area contributed by atoms with E-state index < -0.39 is 10.0 Å². The first-order valence-corrected chi connectivity index (χ1v) is 12.0. The average Bonchev–Trinajstić information content (AvgIpc) is 3.24. The van der Waals surface area contributed by atoms with Crippen LogP contribution in [0.2, 0.25) is 0 Å². The molecule has 0 saturated carbocycles. The fourth-order valence-electron chi connectivity index (χ4n) is 4.06. The number of fused-ring (bicyclic) bond motifs is 1. The molecule has 0 bridgehead atoms. The molecule has 0 aliphatic carbocycles. The summed E-state index contributed by atoms with van der Waals surface area (Å²) in [5, 5.41) is 0. The van der Waals surface area contributed by atoms with Crippen molar-refractivity contribution in [1.82, 2.24) is 9.97 Å². The lowest BCUT2D eigenvalue weighted by molar-refractivity contribution is -0.107. The SMILES string of the molecule is C=CC=C(CC=O)c1nc(N2CCOCC2)nc2c1CCN2S(=O)(=O)c1ccccc1C. The molecule has 2 aliphatic rings. The van der Waals surface area contributed by atoms with E-state index in [0.717, 1.165) is 11.8 Å². The molecule has 0 N–H and O–H groups in total. The Hall–Kier alpha value is -3.04. The molecule has 168 valence electrons. The molecule has 0 unspecified atom stereocenters. The molecule has 0 spiro atoms. The molecule has 1 aromatic heterocycles. The van der Waals surface area contributed by atoms with Gasteiger partial charge in [-0.15, -0.1) is 0 Å². The van der Waals surface area contributed by atoms with E-state index >= 15 is 0 Å². The second kappa shape index (κ2) is 9.22. The van der Waals surface area contributed by atoms with Crippen molar-refractivity contribution in [3.05, 3.63) is 59.8 Å². The van der Waals surface area contributed by atoms with Crippen LogP contribution in [-0.2, 0) is 26.0 Å². The number of benzene rings is 1. The third-order valence-corrected chi connectivity index (χ3v) is 7.61. The highest BCUT2D eigenvalue weighted by atomic mass is 32.2. The van der Waals surface area contributed by atoms with Crippen LogP contribution in [0.1, 0.15) is 23.2 Å². The van der Waals surface area contributed by atoms with Gasteiger partial charge in [-0.2, -0.15) is 4.98 Å². The molecule has 0 atom stereocenters.